The molecule has 0 radical (unpaired) electrons. The molecule has 2 fully saturated rings. The van der Waals surface area contributed by atoms with E-state index < -0.39 is 23.9 Å². The summed E-state index contributed by atoms with van der Waals surface area (Å²) in [4.78, 5) is 31.9. The molecule has 2 amide bonds. The van der Waals surface area contributed by atoms with Gasteiger partial charge in [-0.1, -0.05) is 78.9 Å². The zero-order valence-electron chi connectivity index (χ0n) is 27.6. The number of methoxy groups -OCH3 is 1. The second kappa shape index (κ2) is 15.4. The van der Waals surface area contributed by atoms with E-state index in [4.69, 9.17) is 4.74 Å². The number of carbonyl (C=O) groups is 2. The Morgan fingerprint density at radius 2 is 1.60 bits per heavy atom. The molecule has 8 heteroatoms. The minimum Gasteiger partial charge on any atom is -0.508 e. The van der Waals surface area contributed by atoms with Gasteiger partial charge < -0.3 is 20.1 Å². The Morgan fingerprint density at radius 3 is 2.25 bits per heavy atom. The number of aliphatic hydroxyl groups excluding tert-OH is 2. The van der Waals surface area contributed by atoms with Crippen LogP contribution >= 0.6 is 0 Å². The van der Waals surface area contributed by atoms with Crippen LogP contribution in [-0.2, 0) is 20.9 Å². The molecule has 1 aliphatic carbocycles. The van der Waals surface area contributed by atoms with Crippen LogP contribution in [0.4, 0.5) is 0 Å². The van der Waals surface area contributed by atoms with Gasteiger partial charge in [-0.05, 0) is 77.6 Å². The van der Waals surface area contributed by atoms with Crippen molar-refractivity contribution >= 4 is 23.5 Å². The van der Waals surface area contributed by atoms with Crippen molar-refractivity contribution in [1.29, 1.82) is 0 Å². The van der Waals surface area contributed by atoms with E-state index in [9.17, 15) is 24.9 Å². The number of hydrogen-bond acceptors (Lipinski definition) is 7. The van der Waals surface area contributed by atoms with Gasteiger partial charge in [-0.2, -0.15) is 0 Å². The van der Waals surface area contributed by atoms with E-state index in [0.29, 0.717) is 24.8 Å². The maximum atomic E-state index is 14.1. The van der Waals surface area contributed by atoms with Gasteiger partial charge in [0, 0.05) is 38.7 Å². The van der Waals surface area contributed by atoms with Gasteiger partial charge >= 0.3 is 0 Å². The third-order valence-electron chi connectivity index (χ3n) is 10.3. The Morgan fingerprint density at radius 1 is 0.938 bits per heavy atom. The Balaban J connectivity index is 1.19. The predicted molar refractivity (Wildman–Crippen MR) is 185 cm³/mol. The topological polar surface area (TPSA) is 111 Å². The van der Waals surface area contributed by atoms with Crippen LogP contribution in [0, 0.1) is 17.8 Å². The third kappa shape index (κ3) is 7.32. The van der Waals surface area contributed by atoms with E-state index in [1.54, 1.807) is 19.2 Å². The lowest BCUT2D eigenvalue weighted by atomic mass is 9.68. The number of fused-ring (bicyclic) bond motifs is 1. The van der Waals surface area contributed by atoms with E-state index in [1.807, 2.05) is 60.7 Å². The fourth-order valence-corrected chi connectivity index (χ4v) is 8.00. The van der Waals surface area contributed by atoms with E-state index >= 15 is 0 Å². The highest BCUT2D eigenvalue weighted by Crippen LogP contribution is 2.47. The monoisotopic (exact) mass is 650 g/mol. The fraction of sp³-hybridized carbons (Fsp3) is 0.400. The number of amides is 2. The molecule has 8 nitrogen and oxygen atoms in total. The maximum absolute atomic E-state index is 14.1. The Kier molecular flexibility index (Phi) is 10.9. The van der Waals surface area contributed by atoms with Crippen LogP contribution in [0.1, 0.15) is 48.8 Å². The zero-order valence-corrected chi connectivity index (χ0v) is 27.6. The van der Waals surface area contributed by atoms with E-state index in [1.165, 1.54) is 10.5 Å². The quantitative estimate of drug-likeness (QED) is 0.139. The summed E-state index contributed by atoms with van der Waals surface area (Å²) in [7, 11) is 1.59. The largest absolute Gasteiger partial charge is 0.508 e. The lowest BCUT2D eigenvalue weighted by Gasteiger charge is -2.37. The molecule has 2 heterocycles. The van der Waals surface area contributed by atoms with Gasteiger partial charge in [-0.25, -0.2) is 0 Å². The zero-order chi connectivity index (χ0) is 33.6. The van der Waals surface area contributed by atoms with Crippen molar-refractivity contribution in [3.8, 4) is 5.75 Å². The molecule has 0 saturated carbocycles. The van der Waals surface area contributed by atoms with Crippen LogP contribution in [-0.4, -0.2) is 82.5 Å². The minimum atomic E-state index is -0.932. The van der Waals surface area contributed by atoms with Crippen molar-refractivity contribution in [2.24, 2.45) is 17.8 Å². The highest BCUT2D eigenvalue weighted by atomic mass is 16.5. The number of nitrogens with zero attached hydrogens (tertiary/aromatic N) is 2. The van der Waals surface area contributed by atoms with Crippen LogP contribution in [0.2, 0.25) is 0 Å². The molecule has 2 saturated heterocycles. The van der Waals surface area contributed by atoms with Gasteiger partial charge in [-0.3, -0.25) is 19.4 Å². The second-order valence-electron chi connectivity index (χ2n) is 13.3. The molecule has 0 bridgehead atoms. The van der Waals surface area contributed by atoms with E-state index in [0.717, 1.165) is 54.7 Å². The normalized spacial score (nSPS) is 23.1. The number of piperidine rings is 1. The number of allylic oxidation sites excluding steroid dienone is 1. The molecule has 252 valence electrons. The van der Waals surface area contributed by atoms with Crippen molar-refractivity contribution in [2.45, 2.75) is 50.8 Å². The number of benzene rings is 3. The maximum Gasteiger partial charge on any atom is 0.234 e. The van der Waals surface area contributed by atoms with Gasteiger partial charge in [0.05, 0.1) is 31.2 Å². The summed E-state index contributed by atoms with van der Waals surface area (Å²) in [5, 5.41) is 32.3. The van der Waals surface area contributed by atoms with Gasteiger partial charge in [0.25, 0.3) is 0 Å². The molecule has 0 unspecified atom stereocenters. The first-order chi connectivity index (χ1) is 23.4. The lowest BCUT2D eigenvalue weighted by molar-refractivity contribution is -0.144. The van der Waals surface area contributed by atoms with Crippen LogP contribution in [0.15, 0.2) is 96.1 Å². The number of ether oxygens (including phenoxy) is 1. The highest BCUT2D eigenvalue weighted by Gasteiger charge is 2.56. The standard InChI is InChI=1S/C40H46N2O6/c1-48-26-31-23-34-38(40(47)42(39(34)46)32-18-20-41(21-19-32)24-28-8-4-2-5-9-28)35(25-43)37(31)36(45)17-14-30(29-10-6-3-7-11-29)22-27-12-15-33(44)16-13-27/h2-13,15-16,22,32,34-36,38,43-45H,14,17-21,23-26H2,1H3/b30-22-/t34-,35+,36-,38-/m1/s1. The van der Waals surface area contributed by atoms with Crippen molar-refractivity contribution in [3.05, 3.63) is 113 Å². The van der Waals surface area contributed by atoms with E-state index in [2.05, 4.69) is 23.1 Å². The highest BCUT2D eigenvalue weighted by molar-refractivity contribution is 6.06. The molecule has 6 rings (SSSR count). The number of imide groups is 1. The Hall–Kier alpha value is -4.08. The van der Waals surface area contributed by atoms with Crippen molar-refractivity contribution in [3.63, 3.8) is 0 Å². The molecule has 3 N–H and O–H groups in total. The number of carbonyl (C=O) groups excluding carboxylic acids is 2. The van der Waals surface area contributed by atoms with Crippen LogP contribution in [0.25, 0.3) is 11.6 Å². The van der Waals surface area contributed by atoms with Crippen LogP contribution in [0.3, 0.4) is 0 Å². The number of hydrogen-bond donors (Lipinski definition) is 3. The first kappa shape index (κ1) is 33.8. The first-order valence-electron chi connectivity index (χ1n) is 17.1. The predicted octanol–water partition coefficient (Wildman–Crippen LogP) is 5.29. The lowest BCUT2D eigenvalue weighted by Crippen LogP contribution is -2.47. The van der Waals surface area contributed by atoms with E-state index in [-0.39, 0.29) is 36.8 Å². The number of aromatic hydroxyl groups is 1. The van der Waals surface area contributed by atoms with Crippen molar-refractivity contribution < 1.29 is 29.6 Å². The second-order valence-corrected chi connectivity index (χ2v) is 13.3. The summed E-state index contributed by atoms with van der Waals surface area (Å²) < 4.78 is 5.55. The van der Waals surface area contributed by atoms with Gasteiger partial charge in [0.2, 0.25) is 11.8 Å². The molecule has 3 aromatic rings. The van der Waals surface area contributed by atoms with Crippen LogP contribution in [0.5, 0.6) is 5.75 Å². The molecular weight excluding hydrogens is 604 g/mol. The summed E-state index contributed by atoms with van der Waals surface area (Å²) >= 11 is 0. The summed E-state index contributed by atoms with van der Waals surface area (Å²) in [5.41, 5.74) is 5.65. The van der Waals surface area contributed by atoms with Crippen molar-refractivity contribution in [2.75, 3.05) is 33.4 Å². The third-order valence-corrected chi connectivity index (χ3v) is 10.3. The molecule has 3 aromatic carbocycles. The smallest absolute Gasteiger partial charge is 0.234 e. The van der Waals surface area contributed by atoms with Gasteiger partial charge in [0.1, 0.15) is 5.75 Å². The summed E-state index contributed by atoms with van der Waals surface area (Å²) in [6.07, 6.45) is 3.79. The first-order valence-corrected chi connectivity index (χ1v) is 17.1. The number of likely N-dealkylation sites (tertiary alicyclic amines) is 2. The summed E-state index contributed by atoms with van der Waals surface area (Å²) in [6.45, 7) is 2.33. The van der Waals surface area contributed by atoms with Gasteiger partial charge in [-0.15, -0.1) is 0 Å². The summed E-state index contributed by atoms with van der Waals surface area (Å²) in [5.74, 6) is -2.10. The molecular formula is C40H46N2O6. The van der Waals surface area contributed by atoms with Crippen molar-refractivity contribution in [1.82, 2.24) is 9.80 Å². The number of phenolic OH excluding ortho intramolecular Hbond substituents is 1. The van der Waals surface area contributed by atoms with Gasteiger partial charge in [0.15, 0.2) is 0 Å². The number of rotatable bonds is 12. The molecule has 48 heavy (non-hydrogen) atoms. The molecule has 3 aliphatic rings. The molecule has 0 aromatic heterocycles. The summed E-state index contributed by atoms with van der Waals surface area (Å²) in [6, 6.07) is 27.1. The molecule has 0 spiro atoms. The number of phenols is 1. The average Bonchev–Trinajstić information content (AvgIpc) is 3.36. The molecule has 2 aliphatic heterocycles. The Labute approximate surface area is 283 Å². The number of aliphatic hydroxyl groups is 2. The fourth-order valence-electron chi connectivity index (χ4n) is 8.00. The van der Waals surface area contributed by atoms with Crippen LogP contribution < -0.4 is 0 Å². The molecule has 4 atom stereocenters. The minimum absolute atomic E-state index is 0.157. The SMILES string of the molecule is COCC1=C([C@H](O)CC/C(=C/c2ccc(O)cc2)c2ccccc2)[C@H](CO)[C@@H]2C(=O)N(C3CCN(Cc4ccccc4)CC3)C(=O)[C@@H]2C1. The average molecular weight is 651 g/mol. The Bertz CT molecular complexity index is 1610.